The number of rotatable bonds is 5. The van der Waals surface area contributed by atoms with Gasteiger partial charge in [-0.2, -0.15) is 0 Å². The van der Waals surface area contributed by atoms with E-state index in [0.717, 1.165) is 16.9 Å². The maximum absolute atomic E-state index is 11.7. The van der Waals surface area contributed by atoms with E-state index >= 15 is 0 Å². The smallest absolute Gasteiger partial charge is 0.333 e. The van der Waals surface area contributed by atoms with Crippen molar-refractivity contribution in [3.63, 3.8) is 0 Å². The molecule has 0 fully saturated rings. The number of nitrogens with one attached hydrogen (secondary N) is 1. The third kappa shape index (κ3) is 3.75. The summed E-state index contributed by atoms with van der Waals surface area (Å²) in [5, 5.41) is 17.4. The second-order valence-electron chi connectivity index (χ2n) is 3.23. The zero-order valence-corrected chi connectivity index (χ0v) is 11.9. The first-order valence-corrected chi connectivity index (χ1v) is 7.50. The lowest BCUT2D eigenvalue weighted by Gasteiger charge is -2.06. The van der Waals surface area contributed by atoms with Gasteiger partial charge in [-0.15, -0.1) is 11.3 Å². The second kappa shape index (κ2) is 5.44. The molecule has 1 aromatic heterocycles. The van der Waals surface area contributed by atoms with E-state index in [4.69, 9.17) is 10.2 Å². The van der Waals surface area contributed by atoms with Crippen molar-refractivity contribution >= 4 is 43.3 Å². The van der Waals surface area contributed by atoms with Crippen LogP contribution in [-0.4, -0.2) is 37.2 Å². The fourth-order valence-electron chi connectivity index (χ4n) is 0.911. The van der Waals surface area contributed by atoms with Gasteiger partial charge in [-0.05, 0) is 34.5 Å². The fourth-order valence-corrected chi connectivity index (χ4v) is 4.22. The summed E-state index contributed by atoms with van der Waals surface area (Å²) in [5.74, 6) is -1.48. The fraction of sp³-hybridized carbons (Fsp3) is 0.375. The molecule has 0 unspecified atom stereocenters. The van der Waals surface area contributed by atoms with Crippen molar-refractivity contribution in [3.05, 3.63) is 15.4 Å². The molecule has 0 saturated carbocycles. The SMILES string of the molecule is Cc1cc(S(=O)(=O)NC[C@H](O)C(=O)O)sc1Br. The van der Waals surface area contributed by atoms with Crippen molar-refractivity contribution in [2.75, 3.05) is 6.54 Å². The number of sulfonamides is 1. The van der Waals surface area contributed by atoms with Crippen LogP contribution in [0.1, 0.15) is 5.56 Å². The van der Waals surface area contributed by atoms with Crippen LogP contribution in [0.25, 0.3) is 0 Å². The van der Waals surface area contributed by atoms with E-state index in [9.17, 15) is 13.2 Å². The molecule has 1 heterocycles. The second-order valence-corrected chi connectivity index (χ2v) is 7.59. The molecule has 1 atom stereocenters. The molecule has 9 heteroatoms. The standard InChI is InChI=1S/C8H10BrNO5S2/c1-4-2-6(16-7(4)9)17(14,15)10-3-5(11)8(12)13/h2,5,10-11H,3H2,1H3,(H,12,13)/t5-/m0/s1. The largest absolute Gasteiger partial charge is 0.479 e. The van der Waals surface area contributed by atoms with Gasteiger partial charge in [-0.3, -0.25) is 0 Å². The minimum Gasteiger partial charge on any atom is -0.479 e. The van der Waals surface area contributed by atoms with Gasteiger partial charge in [0.15, 0.2) is 6.10 Å². The monoisotopic (exact) mass is 343 g/mol. The van der Waals surface area contributed by atoms with Gasteiger partial charge < -0.3 is 10.2 Å². The van der Waals surface area contributed by atoms with Gasteiger partial charge >= 0.3 is 5.97 Å². The highest BCUT2D eigenvalue weighted by atomic mass is 79.9. The molecule has 0 aliphatic heterocycles. The van der Waals surface area contributed by atoms with Gasteiger partial charge in [-0.25, -0.2) is 17.9 Å². The van der Waals surface area contributed by atoms with Gasteiger partial charge in [0.2, 0.25) is 10.0 Å². The van der Waals surface area contributed by atoms with Gasteiger partial charge in [-0.1, -0.05) is 0 Å². The minimum atomic E-state index is -3.78. The summed E-state index contributed by atoms with van der Waals surface area (Å²) in [7, 11) is -3.78. The number of aliphatic hydroxyl groups is 1. The summed E-state index contributed by atoms with van der Waals surface area (Å²) in [5.41, 5.74) is 0.772. The Kier molecular flexibility index (Phi) is 4.67. The van der Waals surface area contributed by atoms with Gasteiger partial charge in [0.25, 0.3) is 0 Å². The molecule has 1 rings (SSSR count). The van der Waals surface area contributed by atoms with Crippen molar-refractivity contribution in [1.29, 1.82) is 0 Å². The Morgan fingerprint density at radius 3 is 2.65 bits per heavy atom. The first kappa shape index (κ1) is 14.6. The van der Waals surface area contributed by atoms with Gasteiger partial charge in [0.1, 0.15) is 4.21 Å². The lowest BCUT2D eigenvalue weighted by molar-refractivity contribution is -0.146. The summed E-state index contributed by atoms with van der Waals surface area (Å²) >= 11 is 4.21. The van der Waals surface area contributed by atoms with Crippen LogP contribution in [-0.2, 0) is 14.8 Å². The van der Waals surface area contributed by atoms with Crippen LogP contribution < -0.4 is 4.72 Å². The summed E-state index contributed by atoms with van der Waals surface area (Å²) in [6, 6.07) is 1.46. The van der Waals surface area contributed by atoms with Crippen LogP contribution in [0.4, 0.5) is 0 Å². The number of halogens is 1. The number of carboxylic acid groups (broad SMARTS) is 1. The number of carboxylic acids is 1. The average molecular weight is 344 g/mol. The Labute approximate surface area is 110 Å². The van der Waals surface area contributed by atoms with Crippen molar-refractivity contribution in [3.8, 4) is 0 Å². The molecule has 0 amide bonds. The highest BCUT2D eigenvalue weighted by Crippen LogP contribution is 2.30. The lowest BCUT2D eigenvalue weighted by atomic mass is 10.4. The third-order valence-electron chi connectivity index (χ3n) is 1.85. The van der Waals surface area contributed by atoms with Crippen LogP contribution in [0.15, 0.2) is 14.1 Å². The van der Waals surface area contributed by atoms with Crippen LogP contribution >= 0.6 is 27.3 Å². The predicted molar refractivity (Wildman–Crippen MR) is 65.6 cm³/mol. The van der Waals surface area contributed by atoms with Crippen LogP contribution in [0.5, 0.6) is 0 Å². The van der Waals surface area contributed by atoms with E-state index in [1.807, 2.05) is 4.72 Å². The number of carbonyl (C=O) groups is 1. The van der Waals surface area contributed by atoms with E-state index in [1.54, 1.807) is 6.92 Å². The van der Waals surface area contributed by atoms with Crippen molar-refractivity contribution in [1.82, 2.24) is 4.72 Å². The number of thiophene rings is 1. The van der Waals surface area contributed by atoms with Crippen LogP contribution in [0.2, 0.25) is 0 Å². The first-order valence-electron chi connectivity index (χ1n) is 4.40. The molecule has 0 aliphatic rings. The van der Waals surface area contributed by atoms with E-state index in [2.05, 4.69) is 15.9 Å². The van der Waals surface area contributed by atoms with Crippen molar-refractivity contribution < 1.29 is 23.4 Å². The summed E-state index contributed by atoms with van der Waals surface area (Å²) in [6.07, 6.45) is -1.76. The molecule has 0 spiro atoms. The Morgan fingerprint density at radius 2 is 2.24 bits per heavy atom. The summed E-state index contributed by atoms with van der Waals surface area (Å²) in [6.45, 7) is 1.18. The molecule has 0 aromatic carbocycles. The zero-order chi connectivity index (χ0) is 13.2. The molecule has 0 aliphatic carbocycles. The molecule has 17 heavy (non-hydrogen) atoms. The maximum atomic E-state index is 11.7. The average Bonchev–Trinajstić information content (AvgIpc) is 2.56. The number of hydrogen-bond donors (Lipinski definition) is 3. The lowest BCUT2D eigenvalue weighted by Crippen LogP contribution is -2.36. The van der Waals surface area contributed by atoms with E-state index in [1.165, 1.54) is 6.07 Å². The van der Waals surface area contributed by atoms with Crippen molar-refractivity contribution in [2.24, 2.45) is 0 Å². The quantitative estimate of drug-likeness (QED) is 0.723. The summed E-state index contributed by atoms with van der Waals surface area (Å²) < 4.78 is 26.2. The molecular weight excluding hydrogens is 334 g/mol. The predicted octanol–water partition coefficient (Wildman–Crippen LogP) is 0.543. The molecule has 0 radical (unpaired) electrons. The molecule has 0 bridgehead atoms. The number of hydrogen-bond acceptors (Lipinski definition) is 5. The van der Waals surface area contributed by atoms with Crippen LogP contribution in [0.3, 0.4) is 0 Å². The Morgan fingerprint density at radius 1 is 1.65 bits per heavy atom. The first-order chi connectivity index (χ1) is 7.74. The highest BCUT2D eigenvalue weighted by Gasteiger charge is 2.21. The van der Waals surface area contributed by atoms with Gasteiger partial charge in [0, 0.05) is 6.54 Å². The third-order valence-corrected chi connectivity index (χ3v) is 5.88. The molecular formula is C8H10BrNO5S2. The Balaban J connectivity index is 2.79. The van der Waals surface area contributed by atoms with Crippen LogP contribution in [0, 0.1) is 6.92 Å². The molecule has 3 N–H and O–H groups in total. The van der Waals surface area contributed by atoms with E-state index in [0.29, 0.717) is 3.79 Å². The number of aryl methyl sites for hydroxylation is 1. The Bertz CT molecular complexity index is 505. The van der Waals surface area contributed by atoms with E-state index < -0.39 is 28.6 Å². The molecule has 96 valence electrons. The van der Waals surface area contributed by atoms with Gasteiger partial charge in [0.05, 0.1) is 3.79 Å². The maximum Gasteiger partial charge on any atom is 0.333 e. The number of aliphatic carboxylic acids is 1. The molecule has 1 aromatic rings. The minimum absolute atomic E-state index is 0.0689. The molecule has 6 nitrogen and oxygen atoms in total. The highest BCUT2D eigenvalue weighted by molar-refractivity contribution is 9.11. The van der Waals surface area contributed by atoms with E-state index in [-0.39, 0.29) is 4.21 Å². The molecule has 0 saturated heterocycles. The number of aliphatic hydroxyl groups excluding tert-OH is 1. The zero-order valence-electron chi connectivity index (χ0n) is 8.68. The Hall–Kier alpha value is -0.480. The normalized spacial score (nSPS) is 13.6. The topological polar surface area (TPSA) is 104 Å². The summed E-state index contributed by atoms with van der Waals surface area (Å²) in [4.78, 5) is 10.3. The van der Waals surface area contributed by atoms with Crippen molar-refractivity contribution in [2.45, 2.75) is 17.2 Å².